The highest BCUT2D eigenvalue weighted by Crippen LogP contribution is 2.18. The highest BCUT2D eigenvalue weighted by atomic mass is 79.9. The van der Waals surface area contributed by atoms with Gasteiger partial charge in [-0.15, -0.1) is 0 Å². The van der Waals surface area contributed by atoms with Crippen LogP contribution in [0.1, 0.15) is 17.8 Å². The number of hydrogen-bond donors (Lipinski definition) is 0. The molecule has 2 rings (SSSR count). The van der Waals surface area contributed by atoms with E-state index in [4.69, 9.17) is 0 Å². The predicted molar refractivity (Wildman–Crippen MR) is 61.6 cm³/mol. The van der Waals surface area contributed by atoms with Crippen molar-refractivity contribution in [2.45, 2.75) is 24.7 Å². The normalized spacial score (nSPS) is 22.9. The molecule has 0 amide bonds. The summed E-state index contributed by atoms with van der Waals surface area (Å²) >= 11 is 3.64. The lowest BCUT2D eigenvalue weighted by Gasteiger charge is -2.14. The van der Waals surface area contributed by atoms with Gasteiger partial charge in [0.15, 0.2) is 0 Å². The summed E-state index contributed by atoms with van der Waals surface area (Å²) in [6.45, 7) is 5.37. The summed E-state index contributed by atoms with van der Waals surface area (Å²) in [5.74, 6) is 0. The zero-order valence-corrected chi connectivity index (χ0v) is 10.00. The van der Waals surface area contributed by atoms with Crippen molar-refractivity contribution in [1.29, 1.82) is 0 Å². The van der Waals surface area contributed by atoms with E-state index in [0.717, 1.165) is 18.8 Å². The Bertz CT molecular complexity index is 314. The van der Waals surface area contributed by atoms with Crippen LogP contribution in [0.2, 0.25) is 0 Å². The van der Waals surface area contributed by atoms with E-state index < -0.39 is 0 Å². The third kappa shape index (κ3) is 2.55. The van der Waals surface area contributed by atoms with E-state index in [1.54, 1.807) is 0 Å². The van der Waals surface area contributed by atoms with Crippen molar-refractivity contribution < 1.29 is 0 Å². The summed E-state index contributed by atoms with van der Waals surface area (Å²) in [5.41, 5.74) is 2.30. The number of aromatic nitrogens is 1. The Kier molecular flexibility index (Phi) is 3.19. The quantitative estimate of drug-likeness (QED) is 0.754. The number of pyridine rings is 1. The number of aryl methyl sites for hydroxylation is 1. The molecule has 1 fully saturated rings. The molecular formula is C11H15BrN2. The van der Waals surface area contributed by atoms with Gasteiger partial charge < -0.3 is 0 Å². The fourth-order valence-electron chi connectivity index (χ4n) is 1.85. The molecular weight excluding hydrogens is 240 g/mol. The first-order chi connectivity index (χ1) is 6.74. The van der Waals surface area contributed by atoms with Gasteiger partial charge in [0.25, 0.3) is 0 Å². The van der Waals surface area contributed by atoms with Crippen LogP contribution >= 0.6 is 15.9 Å². The summed E-state index contributed by atoms with van der Waals surface area (Å²) in [4.78, 5) is 7.62. The van der Waals surface area contributed by atoms with E-state index in [1.165, 1.54) is 18.7 Å². The molecule has 0 bridgehead atoms. The molecule has 0 aromatic carbocycles. The molecule has 76 valence electrons. The fraction of sp³-hybridized carbons (Fsp3) is 0.545. The number of halogens is 1. The van der Waals surface area contributed by atoms with Gasteiger partial charge in [-0.2, -0.15) is 0 Å². The van der Waals surface area contributed by atoms with Crippen LogP contribution in [-0.4, -0.2) is 27.8 Å². The lowest BCUT2D eigenvalue weighted by Crippen LogP contribution is -2.20. The van der Waals surface area contributed by atoms with Crippen LogP contribution in [0.25, 0.3) is 0 Å². The highest BCUT2D eigenvalue weighted by molar-refractivity contribution is 9.09. The number of alkyl halides is 1. The molecule has 1 aromatic rings. The Morgan fingerprint density at radius 3 is 3.07 bits per heavy atom. The summed E-state index contributed by atoms with van der Waals surface area (Å²) < 4.78 is 0. The molecule has 0 spiro atoms. The second-order valence-corrected chi connectivity index (χ2v) is 5.19. The van der Waals surface area contributed by atoms with Crippen molar-refractivity contribution in [1.82, 2.24) is 9.88 Å². The van der Waals surface area contributed by atoms with E-state index in [9.17, 15) is 0 Å². The van der Waals surface area contributed by atoms with Crippen LogP contribution in [0.5, 0.6) is 0 Å². The molecule has 1 unspecified atom stereocenters. The molecule has 0 N–H and O–H groups in total. The van der Waals surface area contributed by atoms with Crippen molar-refractivity contribution in [2.75, 3.05) is 13.1 Å². The van der Waals surface area contributed by atoms with E-state index in [2.05, 4.69) is 37.9 Å². The molecule has 1 saturated heterocycles. The molecule has 0 aliphatic carbocycles. The molecule has 0 saturated carbocycles. The van der Waals surface area contributed by atoms with Gasteiger partial charge in [-0.05, 0) is 32.0 Å². The lowest BCUT2D eigenvalue weighted by molar-refractivity contribution is 0.328. The van der Waals surface area contributed by atoms with E-state index in [-0.39, 0.29) is 0 Å². The smallest absolute Gasteiger partial charge is 0.0547 e. The topological polar surface area (TPSA) is 16.1 Å². The zero-order chi connectivity index (χ0) is 9.97. The van der Waals surface area contributed by atoms with Crippen LogP contribution in [0.4, 0.5) is 0 Å². The predicted octanol–water partition coefficient (Wildman–Crippen LogP) is 2.36. The maximum absolute atomic E-state index is 4.50. The van der Waals surface area contributed by atoms with Crippen molar-refractivity contribution in [3.8, 4) is 0 Å². The largest absolute Gasteiger partial charge is 0.296 e. The summed E-state index contributed by atoms with van der Waals surface area (Å²) in [6.07, 6.45) is 1.26. The Morgan fingerprint density at radius 2 is 2.43 bits per heavy atom. The summed E-state index contributed by atoms with van der Waals surface area (Å²) in [6, 6.07) is 6.23. The van der Waals surface area contributed by atoms with Crippen LogP contribution in [0, 0.1) is 6.92 Å². The van der Waals surface area contributed by atoms with Gasteiger partial charge in [0.2, 0.25) is 0 Å². The summed E-state index contributed by atoms with van der Waals surface area (Å²) in [5, 5.41) is 0. The van der Waals surface area contributed by atoms with Crippen LogP contribution in [-0.2, 0) is 6.54 Å². The third-order valence-corrected chi connectivity index (χ3v) is 3.29. The standard InChI is InChI=1S/C11H15BrN2/c1-9-3-2-4-11(13-9)8-14-6-5-10(12)7-14/h2-4,10H,5-8H2,1H3. The Hall–Kier alpha value is -0.410. The van der Waals surface area contributed by atoms with Crippen molar-refractivity contribution in [3.05, 3.63) is 29.6 Å². The van der Waals surface area contributed by atoms with Gasteiger partial charge in [0.05, 0.1) is 5.69 Å². The molecule has 1 aromatic heterocycles. The SMILES string of the molecule is Cc1cccc(CN2CCC(Br)C2)n1. The van der Waals surface area contributed by atoms with E-state index in [0.29, 0.717) is 4.83 Å². The third-order valence-electron chi connectivity index (χ3n) is 2.55. The minimum absolute atomic E-state index is 0.673. The second-order valence-electron chi connectivity index (χ2n) is 3.89. The molecule has 2 heterocycles. The minimum atomic E-state index is 0.673. The molecule has 1 aliphatic rings. The highest BCUT2D eigenvalue weighted by Gasteiger charge is 2.19. The molecule has 3 heteroatoms. The average molecular weight is 255 g/mol. The number of hydrogen-bond acceptors (Lipinski definition) is 2. The number of likely N-dealkylation sites (tertiary alicyclic amines) is 1. The zero-order valence-electron chi connectivity index (χ0n) is 8.41. The first-order valence-corrected chi connectivity index (χ1v) is 5.94. The summed E-state index contributed by atoms with van der Waals surface area (Å²) in [7, 11) is 0. The second kappa shape index (κ2) is 4.41. The molecule has 2 nitrogen and oxygen atoms in total. The monoisotopic (exact) mass is 254 g/mol. The number of nitrogens with zero attached hydrogens (tertiary/aromatic N) is 2. The Labute approximate surface area is 93.5 Å². The van der Waals surface area contributed by atoms with Gasteiger partial charge >= 0.3 is 0 Å². The lowest BCUT2D eigenvalue weighted by atomic mass is 10.3. The van der Waals surface area contributed by atoms with Gasteiger partial charge in [0.1, 0.15) is 0 Å². The molecule has 0 radical (unpaired) electrons. The van der Waals surface area contributed by atoms with Gasteiger partial charge in [-0.3, -0.25) is 9.88 Å². The van der Waals surface area contributed by atoms with Crippen molar-refractivity contribution in [2.24, 2.45) is 0 Å². The van der Waals surface area contributed by atoms with Crippen LogP contribution in [0.15, 0.2) is 18.2 Å². The number of rotatable bonds is 2. The van der Waals surface area contributed by atoms with Crippen molar-refractivity contribution >= 4 is 15.9 Å². The van der Waals surface area contributed by atoms with Crippen LogP contribution in [0.3, 0.4) is 0 Å². The van der Waals surface area contributed by atoms with E-state index >= 15 is 0 Å². The molecule has 1 aliphatic heterocycles. The average Bonchev–Trinajstić information content (AvgIpc) is 2.51. The maximum Gasteiger partial charge on any atom is 0.0547 e. The van der Waals surface area contributed by atoms with Crippen LogP contribution < -0.4 is 0 Å². The van der Waals surface area contributed by atoms with E-state index in [1.807, 2.05) is 13.0 Å². The first-order valence-electron chi connectivity index (χ1n) is 5.03. The Balaban J connectivity index is 1.97. The van der Waals surface area contributed by atoms with Crippen molar-refractivity contribution in [3.63, 3.8) is 0 Å². The van der Waals surface area contributed by atoms with Gasteiger partial charge in [0, 0.05) is 23.6 Å². The minimum Gasteiger partial charge on any atom is -0.296 e. The fourth-order valence-corrected chi connectivity index (χ4v) is 2.46. The Morgan fingerprint density at radius 1 is 1.57 bits per heavy atom. The maximum atomic E-state index is 4.50. The molecule has 14 heavy (non-hydrogen) atoms. The first kappa shape index (κ1) is 10.1. The van der Waals surface area contributed by atoms with Gasteiger partial charge in [-0.1, -0.05) is 22.0 Å². The van der Waals surface area contributed by atoms with Gasteiger partial charge in [-0.25, -0.2) is 0 Å². The molecule has 1 atom stereocenters.